The van der Waals surface area contributed by atoms with Crippen LogP contribution in [0.5, 0.6) is 0 Å². The average Bonchev–Trinajstić information content (AvgIpc) is 3.57. The molecule has 1 aliphatic carbocycles. The summed E-state index contributed by atoms with van der Waals surface area (Å²) in [5, 5.41) is 9.42. The van der Waals surface area contributed by atoms with Crippen molar-refractivity contribution in [1.29, 1.82) is 0 Å². The molecule has 1 aromatic carbocycles. The summed E-state index contributed by atoms with van der Waals surface area (Å²) >= 11 is 0. The number of fused-ring (bicyclic) bond motifs is 1. The van der Waals surface area contributed by atoms with Crippen LogP contribution in [0.3, 0.4) is 0 Å². The Morgan fingerprint density at radius 1 is 1.06 bits per heavy atom. The first-order chi connectivity index (χ1) is 16.5. The van der Waals surface area contributed by atoms with Crippen LogP contribution in [0, 0.1) is 11.6 Å². The SMILES string of the molecule is Cn1ncc2c(-c3ccc(F)cc3F)nc([C@H]3CCO[C@H](c4cnn(C5CC5)c4)C3)cc2c1=O. The molecular weight excluding hydrogens is 440 g/mol. The van der Waals surface area contributed by atoms with E-state index in [1.807, 2.05) is 10.9 Å². The highest BCUT2D eigenvalue weighted by molar-refractivity contribution is 5.94. The molecule has 9 heteroatoms. The molecular formula is C25H23F2N5O2. The van der Waals surface area contributed by atoms with Crippen molar-refractivity contribution >= 4 is 10.8 Å². The van der Waals surface area contributed by atoms with E-state index in [2.05, 4.69) is 16.4 Å². The highest BCUT2D eigenvalue weighted by atomic mass is 19.1. The lowest BCUT2D eigenvalue weighted by Crippen LogP contribution is -2.22. The average molecular weight is 463 g/mol. The van der Waals surface area contributed by atoms with Crippen molar-refractivity contribution in [2.75, 3.05) is 6.61 Å². The van der Waals surface area contributed by atoms with Gasteiger partial charge in [0, 0.05) is 54.0 Å². The molecule has 2 aliphatic rings. The summed E-state index contributed by atoms with van der Waals surface area (Å²) in [6.07, 6.45) is 9.00. The third-order valence-corrected chi connectivity index (χ3v) is 6.77. The first-order valence-electron chi connectivity index (χ1n) is 11.5. The van der Waals surface area contributed by atoms with Gasteiger partial charge >= 0.3 is 0 Å². The van der Waals surface area contributed by atoms with Crippen LogP contribution in [0.25, 0.3) is 22.0 Å². The fraction of sp³-hybridized carbons (Fsp3) is 0.360. The van der Waals surface area contributed by atoms with Gasteiger partial charge in [-0.25, -0.2) is 13.5 Å². The van der Waals surface area contributed by atoms with Gasteiger partial charge in [-0.1, -0.05) is 0 Å². The highest BCUT2D eigenvalue weighted by Crippen LogP contribution is 2.40. The normalized spacial score (nSPS) is 20.7. The summed E-state index contributed by atoms with van der Waals surface area (Å²) < 4.78 is 37.6. The summed E-state index contributed by atoms with van der Waals surface area (Å²) in [6.45, 7) is 0.540. The number of pyridine rings is 1. The zero-order chi connectivity index (χ0) is 23.4. The minimum Gasteiger partial charge on any atom is -0.373 e. The molecule has 6 rings (SSSR count). The van der Waals surface area contributed by atoms with Crippen LogP contribution in [-0.2, 0) is 11.8 Å². The van der Waals surface area contributed by atoms with E-state index in [0.717, 1.165) is 30.9 Å². The Bertz CT molecular complexity index is 1460. The fourth-order valence-corrected chi connectivity index (χ4v) is 4.71. The molecule has 4 heterocycles. The second-order valence-electron chi connectivity index (χ2n) is 9.12. The molecule has 0 amide bonds. The molecule has 0 N–H and O–H groups in total. The second-order valence-corrected chi connectivity index (χ2v) is 9.12. The number of rotatable bonds is 4. The van der Waals surface area contributed by atoms with E-state index >= 15 is 0 Å². The first kappa shape index (κ1) is 21.1. The minimum absolute atomic E-state index is 0.00700. The number of hydrogen-bond acceptors (Lipinski definition) is 5. The largest absolute Gasteiger partial charge is 0.373 e. The molecule has 0 spiro atoms. The maximum Gasteiger partial charge on any atom is 0.274 e. The van der Waals surface area contributed by atoms with E-state index in [9.17, 15) is 13.6 Å². The molecule has 1 saturated heterocycles. The summed E-state index contributed by atoms with van der Waals surface area (Å²) in [5.41, 5.74) is 1.86. The lowest BCUT2D eigenvalue weighted by molar-refractivity contribution is 0.00463. The number of aryl methyl sites for hydroxylation is 1. The van der Waals surface area contributed by atoms with Gasteiger partial charge < -0.3 is 4.74 Å². The van der Waals surface area contributed by atoms with Crippen molar-refractivity contribution < 1.29 is 13.5 Å². The standard InChI is InChI=1S/C25H23F2N5O2/c1-31-25(33)19-10-22(30-24(20(19)12-28-31)18-5-2-16(26)9-21(18)27)14-6-7-34-23(8-14)15-11-29-32(13-15)17-3-4-17/h2,5,9-14,17,23H,3-4,6-8H2,1H3/t14-,23-/m0/s1. The molecule has 2 atom stereocenters. The van der Waals surface area contributed by atoms with Crippen molar-refractivity contribution in [2.45, 2.75) is 43.7 Å². The van der Waals surface area contributed by atoms with Gasteiger partial charge in [0.15, 0.2) is 0 Å². The van der Waals surface area contributed by atoms with E-state index < -0.39 is 11.6 Å². The zero-order valence-corrected chi connectivity index (χ0v) is 18.6. The number of benzene rings is 1. The Labute approximate surface area is 194 Å². The number of ether oxygens (including phenoxy) is 1. The number of nitrogens with zero attached hydrogens (tertiary/aromatic N) is 5. The summed E-state index contributed by atoms with van der Waals surface area (Å²) in [4.78, 5) is 17.7. The molecule has 7 nitrogen and oxygen atoms in total. The van der Waals surface area contributed by atoms with Gasteiger partial charge in [0.25, 0.3) is 5.56 Å². The Balaban J connectivity index is 1.43. The van der Waals surface area contributed by atoms with Gasteiger partial charge in [-0.2, -0.15) is 10.2 Å². The van der Waals surface area contributed by atoms with Crippen LogP contribution in [0.15, 0.2) is 47.7 Å². The highest BCUT2D eigenvalue weighted by Gasteiger charge is 2.30. The lowest BCUT2D eigenvalue weighted by atomic mass is 9.89. The van der Waals surface area contributed by atoms with E-state index in [4.69, 9.17) is 9.72 Å². The van der Waals surface area contributed by atoms with Crippen molar-refractivity contribution in [3.05, 3.63) is 76.1 Å². The topological polar surface area (TPSA) is 74.8 Å². The molecule has 174 valence electrons. The van der Waals surface area contributed by atoms with Crippen LogP contribution in [0.2, 0.25) is 0 Å². The van der Waals surface area contributed by atoms with Crippen molar-refractivity contribution in [1.82, 2.24) is 24.5 Å². The molecule has 0 unspecified atom stereocenters. The quantitative estimate of drug-likeness (QED) is 0.447. The molecule has 3 aromatic heterocycles. The van der Waals surface area contributed by atoms with Gasteiger partial charge in [-0.15, -0.1) is 0 Å². The van der Waals surface area contributed by atoms with Crippen LogP contribution in [-0.4, -0.2) is 31.2 Å². The Morgan fingerprint density at radius 2 is 1.91 bits per heavy atom. The van der Waals surface area contributed by atoms with Gasteiger partial charge in [-0.3, -0.25) is 14.5 Å². The molecule has 1 aliphatic heterocycles. The zero-order valence-electron chi connectivity index (χ0n) is 18.6. The Kier molecular flexibility index (Phi) is 5.02. The summed E-state index contributed by atoms with van der Waals surface area (Å²) in [5.74, 6) is -1.40. The van der Waals surface area contributed by atoms with Gasteiger partial charge in [0.2, 0.25) is 0 Å². The lowest BCUT2D eigenvalue weighted by Gasteiger charge is -2.29. The molecule has 2 fully saturated rings. The molecule has 4 aromatic rings. The maximum atomic E-state index is 14.8. The van der Waals surface area contributed by atoms with Gasteiger partial charge in [0.1, 0.15) is 11.6 Å². The Hall–Kier alpha value is -3.46. The van der Waals surface area contributed by atoms with Gasteiger partial charge in [-0.05, 0) is 43.9 Å². The van der Waals surface area contributed by atoms with Crippen LogP contribution in [0.4, 0.5) is 8.78 Å². The number of halogens is 2. The van der Waals surface area contributed by atoms with Crippen molar-refractivity contribution in [2.24, 2.45) is 7.05 Å². The predicted molar refractivity (Wildman–Crippen MR) is 121 cm³/mol. The monoisotopic (exact) mass is 463 g/mol. The van der Waals surface area contributed by atoms with E-state index in [1.165, 1.54) is 23.0 Å². The Morgan fingerprint density at radius 3 is 2.71 bits per heavy atom. The molecule has 0 bridgehead atoms. The predicted octanol–water partition coefficient (Wildman–Crippen LogP) is 4.44. The van der Waals surface area contributed by atoms with Crippen LogP contribution < -0.4 is 5.56 Å². The molecule has 1 saturated carbocycles. The van der Waals surface area contributed by atoms with Crippen LogP contribution >= 0.6 is 0 Å². The van der Waals surface area contributed by atoms with E-state index in [1.54, 1.807) is 13.1 Å². The van der Waals surface area contributed by atoms with Gasteiger partial charge in [0.05, 0.1) is 35.6 Å². The third kappa shape index (κ3) is 3.69. The number of aromatic nitrogens is 5. The van der Waals surface area contributed by atoms with E-state index in [-0.39, 0.29) is 23.1 Å². The summed E-state index contributed by atoms with van der Waals surface area (Å²) in [7, 11) is 1.57. The maximum absolute atomic E-state index is 14.8. The first-order valence-corrected chi connectivity index (χ1v) is 11.5. The molecule has 0 radical (unpaired) electrons. The number of hydrogen-bond donors (Lipinski definition) is 0. The van der Waals surface area contributed by atoms with E-state index in [0.29, 0.717) is 41.2 Å². The smallest absolute Gasteiger partial charge is 0.274 e. The molecule has 34 heavy (non-hydrogen) atoms. The van der Waals surface area contributed by atoms with Crippen LogP contribution in [0.1, 0.15) is 55.0 Å². The minimum atomic E-state index is -0.732. The third-order valence-electron chi connectivity index (χ3n) is 6.77. The second kappa shape index (κ2) is 8.09. The fourth-order valence-electron chi connectivity index (χ4n) is 4.71. The van der Waals surface area contributed by atoms with Crippen molar-refractivity contribution in [3.8, 4) is 11.3 Å². The summed E-state index contributed by atoms with van der Waals surface area (Å²) in [6, 6.07) is 5.65. The van der Waals surface area contributed by atoms with Crippen molar-refractivity contribution in [3.63, 3.8) is 0 Å².